The topological polar surface area (TPSA) is 62.6 Å². The minimum absolute atomic E-state index is 0.229. The highest BCUT2D eigenvalue weighted by Crippen LogP contribution is 2.42. The van der Waals surface area contributed by atoms with Gasteiger partial charge in [-0.3, -0.25) is 9.59 Å². The molecule has 0 spiro atoms. The molecular formula is C23H21FN2O3S. The van der Waals surface area contributed by atoms with Gasteiger partial charge in [-0.15, -0.1) is 11.8 Å². The predicted molar refractivity (Wildman–Crippen MR) is 113 cm³/mol. The first kappa shape index (κ1) is 20.2. The van der Waals surface area contributed by atoms with Gasteiger partial charge < -0.3 is 14.6 Å². The molecule has 1 fully saturated rings. The van der Waals surface area contributed by atoms with Crippen molar-refractivity contribution in [3.63, 3.8) is 0 Å². The second-order valence-electron chi connectivity index (χ2n) is 7.13. The van der Waals surface area contributed by atoms with Crippen molar-refractivity contribution in [3.8, 4) is 0 Å². The average Bonchev–Trinajstić information content (AvgIpc) is 3.43. The van der Waals surface area contributed by atoms with Gasteiger partial charge in [0.25, 0.3) is 5.91 Å². The first-order valence-electron chi connectivity index (χ1n) is 9.59. The van der Waals surface area contributed by atoms with Crippen LogP contribution < -0.4 is 5.32 Å². The number of amides is 2. The fraction of sp³-hybridized carbons (Fsp3) is 0.217. The molecule has 1 aliphatic heterocycles. The molecule has 2 heterocycles. The first-order chi connectivity index (χ1) is 14.5. The Morgan fingerprint density at radius 3 is 2.53 bits per heavy atom. The average molecular weight is 424 g/mol. The number of carbonyl (C=O) groups excluding carboxylic acids is 2. The molecule has 2 unspecified atom stereocenters. The summed E-state index contributed by atoms with van der Waals surface area (Å²) in [5, 5.41) is 2.48. The molecule has 3 aromatic rings. The van der Waals surface area contributed by atoms with Gasteiger partial charge in [0, 0.05) is 11.3 Å². The normalized spacial score (nSPS) is 18.4. The molecule has 1 saturated heterocycles. The molecule has 1 N–H and O–H groups in total. The van der Waals surface area contributed by atoms with Crippen molar-refractivity contribution in [1.29, 1.82) is 0 Å². The molecule has 0 aliphatic carbocycles. The maximum Gasteiger partial charge on any atom is 0.255 e. The van der Waals surface area contributed by atoms with Crippen LogP contribution in [0.2, 0.25) is 0 Å². The number of thioether (sulfide) groups is 1. The van der Waals surface area contributed by atoms with Crippen molar-refractivity contribution >= 4 is 23.6 Å². The number of nitrogens with zero attached hydrogens (tertiary/aromatic N) is 1. The van der Waals surface area contributed by atoms with Gasteiger partial charge in [0.1, 0.15) is 23.0 Å². The number of rotatable bonds is 5. The predicted octanol–water partition coefficient (Wildman–Crippen LogP) is 4.30. The quantitative estimate of drug-likeness (QED) is 0.663. The maximum atomic E-state index is 13.4. The Balaban J connectivity index is 1.61. The van der Waals surface area contributed by atoms with Crippen molar-refractivity contribution in [2.24, 2.45) is 0 Å². The minimum Gasteiger partial charge on any atom is -0.467 e. The lowest BCUT2D eigenvalue weighted by molar-refractivity contribution is -0.125. The van der Waals surface area contributed by atoms with Crippen LogP contribution in [0.3, 0.4) is 0 Å². The van der Waals surface area contributed by atoms with E-state index in [1.54, 1.807) is 47.6 Å². The van der Waals surface area contributed by atoms with E-state index in [1.807, 2.05) is 19.1 Å². The lowest BCUT2D eigenvalue weighted by Crippen LogP contribution is -2.47. The van der Waals surface area contributed by atoms with Gasteiger partial charge in [0.15, 0.2) is 0 Å². The first-order valence-corrected chi connectivity index (χ1v) is 10.6. The summed E-state index contributed by atoms with van der Waals surface area (Å²) < 4.78 is 18.7. The van der Waals surface area contributed by atoms with Crippen LogP contribution in [-0.2, 0) is 11.3 Å². The third-order valence-corrected chi connectivity index (χ3v) is 6.33. The van der Waals surface area contributed by atoms with Gasteiger partial charge in [-0.05, 0) is 48.9 Å². The van der Waals surface area contributed by atoms with Crippen LogP contribution in [-0.4, -0.2) is 28.5 Å². The van der Waals surface area contributed by atoms with Crippen molar-refractivity contribution in [2.75, 3.05) is 5.75 Å². The Bertz CT molecular complexity index is 1020. The number of halogens is 1. The van der Waals surface area contributed by atoms with Gasteiger partial charge in [0.2, 0.25) is 5.91 Å². The van der Waals surface area contributed by atoms with Crippen LogP contribution in [0.15, 0.2) is 71.3 Å². The molecule has 2 aromatic carbocycles. The van der Waals surface area contributed by atoms with E-state index in [2.05, 4.69) is 5.32 Å². The maximum absolute atomic E-state index is 13.4. The Hall–Kier alpha value is -3.06. The molecule has 154 valence electrons. The van der Waals surface area contributed by atoms with E-state index in [1.165, 1.54) is 23.9 Å². The Kier molecular flexibility index (Phi) is 5.90. The molecule has 1 aliphatic rings. The Morgan fingerprint density at radius 2 is 1.87 bits per heavy atom. The number of benzene rings is 2. The zero-order valence-corrected chi connectivity index (χ0v) is 17.2. The van der Waals surface area contributed by atoms with Crippen LogP contribution >= 0.6 is 11.8 Å². The molecule has 4 rings (SSSR count). The third-order valence-electron chi connectivity index (χ3n) is 5.01. The van der Waals surface area contributed by atoms with E-state index in [9.17, 15) is 14.0 Å². The van der Waals surface area contributed by atoms with Gasteiger partial charge >= 0.3 is 0 Å². The van der Waals surface area contributed by atoms with Crippen molar-refractivity contribution < 1.29 is 18.4 Å². The zero-order chi connectivity index (χ0) is 21.1. The monoisotopic (exact) mass is 424 g/mol. The third kappa shape index (κ3) is 4.26. The molecule has 0 saturated carbocycles. The smallest absolute Gasteiger partial charge is 0.255 e. The summed E-state index contributed by atoms with van der Waals surface area (Å²) >= 11 is 1.49. The number of aryl methyl sites for hydroxylation is 1. The lowest BCUT2D eigenvalue weighted by Gasteiger charge is -2.29. The van der Waals surface area contributed by atoms with E-state index in [-0.39, 0.29) is 29.6 Å². The summed E-state index contributed by atoms with van der Waals surface area (Å²) in [6.45, 7) is 2.20. The summed E-state index contributed by atoms with van der Waals surface area (Å²) in [5.74, 6) is 0.270. The van der Waals surface area contributed by atoms with Crippen LogP contribution in [0.1, 0.15) is 32.6 Å². The lowest BCUT2D eigenvalue weighted by atomic mass is 10.1. The minimum atomic E-state index is -0.645. The van der Waals surface area contributed by atoms with Gasteiger partial charge in [-0.1, -0.05) is 29.8 Å². The second kappa shape index (κ2) is 8.75. The summed E-state index contributed by atoms with van der Waals surface area (Å²) in [6.07, 6.45) is 1.55. The molecule has 0 radical (unpaired) electrons. The van der Waals surface area contributed by atoms with Crippen LogP contribution in [0.5, 0.6) is 0 Å². The van der Waals surface area contributed by atoms with E-state index in [4.69, 9.17) is 4.42 Å². The fourth-order valence-corrected chi connectivity index (χ4v) is 4.82. The number of hydrogen-bond donors (Lipinski definition) is 1. The highest BCUT2D eigenvalue weighted by molar-refractivity contribution is 7.99. The fourth-order valence-electron chi connectivity index (χ4n) is 3.39. The van der Waals surface area contributed by atoms with E-state index in [0.717, 1.165) is 11.1 Å². The Morgan fingerprint density at radius 1 is 1.13 bits per heavy atom. The summed E-state index contributed by atoms with van der Waals surface area (Å²) in [5.41, 5.74) is 2.34. The molecule has 5 nitrogen and oxygen atoms in total. The number of hydrogen-bond acceptors (Lipinski definition) is 4. The standard InChI is InChI=1S/C23H21FN2O3S/c1-15-4-6-16(7-5-15)22(28)26-20(21(27)25-13-19-3-2-12-29-19)14-30-23(26)17-8-10-18(24)11-9-17/h2-12,20,23H,13-14H2,1H3,(H,25,27). The largest absolute Gasteiger partial charge is 0.467 e. The van der Waals surface area contributed by atoms with Crippen molar-refractivity contribution in [3.05, 3.63) is 95.2 Å². The number of furan rings is 1. The molecule has 2 amide bonds. The number of nitrogens with one attached hydrogen (secondary N) is 1. The highest BCUT2D eigenvalue weighted by Gasteiger charge is 2.42. The van der Waals surface area contributed by atoms with E-state index < -0.39 is 6.04 Å². The molecule has 30 heavy (non-hydrogen) atoms. The van der Waals surface area contributed by atoms with E-state index >= 15 is 0 Å². The molecular weight excluding hydrogens is 403 g/mol. The zero-order valence-electron chi connectivity index (χ0n) is 16.4. The molecule has 2 atom stereocenters. The summed E-state index contributed by atoms with van der Waals surface area (Å²) in [6, 6.07) is 16.2. The van der Waals surface area contributed by atoms with E-state index in [0.29, 0.717) is 17.1 Å². The SMILES string of the molecule is Cc1ccc(C(=O)N2C(C(=O)NCc3ccco3)CSC2c2ccc(F)cc2)cc1. The van der Waals surface area contributed by atoms with Gasteiger partial charge in [-0.2, -0.15) is 0 Å². The molecule has 0 bridgehead atoms. The van der Waals surface area contributed by atoms with Gasteiger partial charge in [0.05, 0.1) is 12.8 Å². The van der Waals surface area contributed by atoms with Crippen LogP contribution in [0.4, 0.5) is 4.39 Å². The van der Waals surface area contributed by atoms with Crippen LogP contribution in [0, 0.1) is 12.7 Å². The van der Waals surface area contributed by atoms with Crippen LogP contribution in [0.25, 0.3) is 0 Å². The van der Waals surface area contributed by atoms with Crippen molar-refractivity contribution in [1.82, 2.24) is 10.2 Å². The molecule has 1 aromatic heterocycles. The highest BCUT2D eigenvalue weighted by atomic mass is 32.2. The molecule has 7 heteroatoms. The number of carbonyl (C=O) groups is 2. The second-order valence-corrected chi connectivity index (χ2v) is 8.24. The van der Waals surface area contributed by atoms with Gasteiger partial charge in [-0.25, -0.2) is 4.39 Å². The van der Waals surface area contributed by atoms with Crippen molar-refractivity contribution in [2.45, 2.75) is 24.9 Å². The summed E-state index contributed by atoms with van der Waals surface area (Å²) in [4.78, 5) is 27.9. The summed E-state index contributed by atoms with van der Waals surface area (Å²) in [7, 11) is 0. The Labute approximate surface area is 178 Å².